The number of nitrogens with one attached hydrogen (secondary N) is 1. The normalized spacial score (nSPS) is 11.6. The number of rotatable bonds is 5. The molecule has 0 aliphatic heterocycles. The van der Waals surface area contributed by atoms with E-state index < -0.39 is 10.0 Å². The molecule has 0 spiro atoms. The monoisotopic (exact) mass is 402 g/mol. The minimum Gasteiger partial charge on any atom is -0.494 e. The van der Waals surface area contributed by atoms with E-state index in [1.807, 2.05) is 13.0 Å². The van der Waals surface area contributed by atoms with Crippen LogP contribution in [0.4, 0.5) is 5.13 Å². The summed E-state index contributed by atoms with van der Waals surface area (Å²) in [4.78, 5) is 4.30. The van der Waals surface area contributed by atoms with Crippen molar-refractivity contribution >= 4 is 59.9 Å². The van der Waals surface area contributed by atoms with Gasteiger partial charge in [-0.05, 0) is 43.3 Å². The first-order valence-electron chi connectivity index (χ1n) is 6.90. The smallest absolute Gasteiger partial charge is 0.263 e. The van der Waals surface area contributed by atoms with Crippen LogP contribution in [0, 0.1) is 0 Å². The zero-order valence-electron chi connectivity index (χ0n) is 12.4. The lowest BCUT2D eigenvalue weighted by Crippen LogP contribution is -2.12. The van der Waals surface area contributed by atoms with Gasteiger partial charge in [-0.15, -0.1) is 0 Å². The molecule has 9 heteroatoms. The predicted molar refractivity (Wildman–Crippen MR) is 98.1 cm³/mol. The van der Waals surface area contributed by atoms with Crippen LogP contribution in [-0.2, 0) is 10.0 Å². The Hall–Kier alpha value is -1.54. The molecule has 0 bridgehead atoms. The highest BCUT2D eigenvalue weighted by Crippen LogP contribution is 2.31. The molecule has 0 unspecified atom stereocenters. The molecule has 0 saturated carbocycles. The van der Waals surface area contributed by atoms with Gasteiger partial charge in [0.25, 0.3) is 10.0 Å². The first kappa shape index (κ1) is 17.3. The molecule has 1 aromatic heterocycles. The predicted octanol–water partition coefficient (Wildman–Crippen LogP) is 4.80. The van der Waals surface area contributed by atoms with Gasteiger partial charge < -0.3 is 4.74 Å². The van der Waals surface area contributed by atoms with Crippen molar-refractivity contribution < 1.29 is 13.2 Å². The summed E-state index contributed by atoms with van der Waals surface area (Å²) in [6.45, 7) is 2.45. The van der Waals surface area contributed by atoms with Gasteiger partial charge in [0.05, 0.1) is 31.8 Å². The minimum absolute atomic E-state index is 0.0196. The molecule has 3 rings (SSSR count). The Morgan fingerprint density at radius 3 is 2.67 bits per heavy atom. The Bertz CT molecular complexity index is 1000. The lowest BCUT2D eigenvalue weighted by Gasteiger charge is -2.05. The van der Waals surface area contributed by atoms with Gasteiger partial charge in [0, 0.05) is 0 Å². The number of nitrogens with zero attached hydrogens (tertiary/aromatic N) is 1. The summed E-state index contributed by atoms with van der Waals surface area (Å²) < 4.78 is 33.6. The van der Waals surface area contributed by atoms with E-state index in [0.717, 1.165) is 4.70 Å². The number of halogens is 2. The van der Waals surface area contributed by atoms with Crippen LogP contribution in [0.1, 0.15) is 6.92 Å². The summed E-state index contributed by atoms with van der Waals surface area (Å²) in [6.07, 6.45) is 0. The molecule has 2 aromatic carbocycles. The number of sulfonamides is 1. The molecule has 0 atom stereocenters. The SMILES string of the molecule is CCOc1ccc2nc(NS(=O)(=O)c3ccc(Cl)c(Cl)c3)sc2c1. The number of hydrogen-bond acceptors (Lipinski definition) is 5. The Morgan fingerprint density at radius 1 is 1.17 bits per heavy atom. The minimum atomic E-state index is -3.80. The summed E-state index contributed by atoms with van der Waals surface area (Å²) in [7, 11) is -3.80. The van der Waals surface area contributed by atoms with Crippen LogP contribution in [0.2, 0.25) is 10.0 Å². The molecule has 0 amide bonds. The van der Waals surface area contributed by atoms with E-state index in [4.69, 9.17) is 27.9 Å². The van der Waals surface area contributed by atoms with Crippen molar-refractivity contribution in [2.45, 2.75) is 11.8 Å². The topological polar surface area (TPSA) is 68.3 Å². The molecular weight excluding hydrogens is 391 g/mol. The van der Waals surface area contributed by atoms with Crippen molar-refractivity contribution in [3.05, 3.63) is 46.4 Å². The molecule has 0 radical (unpaired) electrons. The maximum absolute atomic E-state index is 12.4. The van der Waals surface area contributed by atoms with Crippen LogP contribution in [0.15, 0.2) is 41.3 Å². The van der Waals surface area contributed by atoms with Gasteiger partial charge in [0.15, 0.2) is 5.13 Å². The standard InChI is InChI=1S/C15H12Cl2N2O3S2/c1-2-22-9-3-6-13-14(7-9)23-15(18-13)19-24(20,21)10-4-5-11(16)12(17)8-10/h3-8H,2H2,1H3,(H,18,19). The second kappa shape index (κ2) is 6.76. The van der Waals surface area contributed by atoms with Crippen molar-refractivity contribution in [2.24, 2.45) is 0 Å². The number of hydrogen-bond donors (Lipinski definition) is 1. The Balaban J connectivity index is 1.91. The van der Waals surface area contributed by atoms with Crippen molar-refractivity contribution in [1.29, 1.82) is 0 Å². The van der Waals surface area contributed by atoms with Crippen LogP contribution in [0.3, 0.4) is 0 Å². The van der Waals surface area contributed by atoms with Crippen molar-refractivity contribution in [2.75, 3.05) is 11.3 Å². The maximum atomic E-state index is 12.4. The fourth-order valence-electron chi connectivity index (χ4n) is 2.02. The third-order valence-corrected chi connectivity index (χ3v) is 6.23. The number of fused-ring (bicyclic) bond motifs is 1. The third-order valence-electron chi connectivity index (χ3n) is 3.09. The third kappa shape index (κ3) is 3.59. The van der Waals surface area contributed by atoms with E-state index in [9.17, 15) is 8.42 Å². The zero-order chi connectivity index (χ0) is 17.3. The molecule has 0 aliphatic carbocycles. The van der Waals surface area contributed by atoms with E-state index in [0.29, 0.717) is 22.9 Å². The first-order chi connectivity index (χ1) is 11.4. The van der Waals surface area contributed by atoms with Crippen LogP contribution < -0.4 is 9.46 Å². The molecule has 0 fully saturated rings. The van der Waals surface area contributed by atoms with Crippen molar-refractivity contribution in [1.82, 2.24) is 4.98 Å². The Morgan fingerprint density at radius 2 is 1.96 bits per heavy atom. The zero-order valence-corrected chi connectivity index (χ0v) is 15.6. The van der Waals surface area contributed by atoms with Crippen LogP contribution >= 0.6 is 34.5 Å². The van der Waals surface area contributed by atoms with Crippen molar-refractivity contribution in [3.63, 3.8) is 0 Å². The van der Waals surface area contributed by atoms with Gasteiger partial charge in [-0.25, -0.2) is 13.4 Å². The van der Waals surface area contributed by atoms with Crippen LogP contribution in [0.25, 0.3) is 10.2 Å². The number of thiazole rings is 1. The van der Waals surface area contributed by atoms with Gasteiger partial charge >= 0.3 is 0 Å². The highest BCUT2D eigenvalue weighted by atomic mass is 35.5. The Labute approximate surface area is 153 Å². The second-order valence-electron chi connectivity index (χ2n) is 4.76. The van der Waals surface area contributed by atoms with Crippen LogP contribution in [0.5, 0.6) is 5.75 Å². The summed E-state index contributed by atoms with van der Waals surface area (Å²) in [6, 6.07) is 9.53. The Kier molecular flexibility index (Phi) is 4.87. The number of anilines is 1. The molecule has 0 aliphatic rings. The van der Waals surface area contributed by atoms with Gasteiger partial charge in [-0.3, -0.25) is 4.72 Å². The van der Waals surface area contributed by atoms with E-state index in [2.05, 4.69) is 9.71 Å². The quantitative estimate of drug-likeness (QED) is 0.664. The van der Waals surface area contributed by atoms with Gasteiger partial charge in [-0.2, -0.15) is 0 Å². The maximum Gasteiger partial charge on any atom is 0.263 e. The van der Waals surface area contributed by atoms with Gasteiger partial charge in [0.1, 0.15) is 5.75 Å². The molecule has 3 aromatic rings. The average Bonchev–Trinajstić information content (AvgIpc) is 2.91. The summed E-state index contributed by atoms with van der Waals surface area (Å²) in [5, 5.41) is 0.731. The highest BCUT2D eigenvalue weighted by Gasteiger charge is 2.18. The lowest BCUT2D eigenvalue weighted by atomic mass is 10.3. The average molecular weight is 403 g/mol. The second-order valence-corrected chi connectivity index (χ2v) is 8.29. The molecule has 126 valence electrons. The van der Waals surface area contributed by atoms with Crippen molar-refractivity contribution in [3.8, 4) is 5.75 Å². The fraction of sp³-hybridized carbons (Fsp3) is 0.133. The summed E-state index contributed by atoms with van der Waals surface area (Å²) in [5.41, 5.74) is 0.690. The summed E-state index contributed by atoms with van der Waals surface area (Å²) >= 11 is 12.9. The van der Waals surface area contributed by atoms with E-state index in [1.165, 1.54) is 29.5 Å². The molecule has 5 nitrogen and oxygen atoms in total. The van der Waals surface area contributed by atoms with E-state index in [-0.39, 0.29) is 15.0 Å². The molecular formula is C15H12Cl2N2O3S2. The molecule has 1 heterocycles. The van der Waals surface area contributed by atoms with Gasteiger partial charge in [0.2, 0.25) is 0 Å². The number of ether oxygens (including phenoxy) is 1. The van der Waals surface area contributed by atoms with Crippen LogP contribution in [-0.4, -0.2) is 20.0 Å². The fourth-order valence-corrected chi connectivity index (χ4v) is 4.54. The molecule has 24 heavy (non-hydrogen) atoms. The number of benzene rings is 2. The molecule has 1 N–H and O–H groups in total. The largest absolute Gasteiger partial charge is 0.494 e. The highest BCUT2D eigenvalue weighted by molar-refractivity contribution is 7.93. The van der Waals surface area contributed by atoms with E-state index >= 15 is 0 Å². The summed E-state index contributed by atoms with van der Waals surface area (Å²) in [5.74, 6) is 0.715. The first-order valence-corrected chi connectivity index (χ1v) is 9.96. The van der Waals surface area contributed by atoms with Gasteiger partial charge in [-0.1, -0.05) is 34.5 Å². The van der Waals surface area contributed by atoms with E-state index in [1.54, 1.807) is 12.1 Å². The number of aromatic nitrogens is 1. The lowest BCUT2D eigenvalue weighted by molar-refractivity contribution is 0.341. The molecule has 0 saturated heterocycles.